The Labute approximate surface area is 176 Å². The fourth-order valence-electron chi connectivity index (χ4n) is 3.40. The van der Waals surface area contributed by atoms with E-state index < -0.39 is 36.0 Å². The molecule has 0 spiro atoms. The minimum Gasteiger partial charge on any atom is -0.480 e. The number of hydrogen-bond acceptors (Lipinski definition) is 4. The summed E-state index contributed by atoms with van der Waals surface area (Å²) in [6, 6.07) is 3.59. The number of para-hydroxylation sites is 2. The maximum Gasteiger partial charge on any atom is 0.325 e. The van der Waals surface area contributed by atoms with E-state index in [1.165, 1.54) is 11.8 Å². The van der Waals surface area contributed by atoms with Crippen molar-refractivity contribution in [1.82, 2.24) is 10.6 Å². The van der Waals surface area contributed by atoms with Crippen molar-refractivity contribution in [3.05, 3.63) is 24.3 Å². The summed E-state index contributed by atoms with van der Waals surface area (Å²) in [6.45, 7) is 8.83. The molecule has 0 saturated heterocycles. The van der Waals surface area contributed by atoms with Gasteiger partial charge in [0.05, 0.1) is 11.4 Å². The van der Waals surface area contributed by atoms with Crippen LogP contribution in [0.15, 0.2) is 24.3 Å². The second kappa shape index (κ2) is 9.60. The van der Waals surface area contributed by atoms with Crippen LogP contribution in [0.1, 0.15) is 41.0 Å². The SMILES string of the molecule is CC(C)C[C@H](NC(=O)N1c2ccccc2NC(=O)[C@@H]1C(C)C)C(=O)N[C@H](C)C(=O)O. The summed E-state index contributed by atoms with van der Waals surface area (Å²) in [5.41, 5.74) is 1.05. The molecule has 1 aliphatic rings. The highest BCUT2D eigenvalue weighted by atomic mass is 16.4. The third-order valence-electron chi connectivity index (χ3n) is 4.87. The molecule has 4 N–H and O–H groups in total. The largest absolute Gasteiger partial charge is 0.480 e. The average Bonchev–Trinajstić information content (AvgIpc) is 2.65. The maximum atomic E-state index is 13.3. The molecule has 9 nitrogen and oxygen atoms in total. The van der Waals surface area contributed by atoms with Gasteiger partial charge in [-0.2, -0.15) is 0 Å². The van der Waals surface area contributed by atoms with E-state index in [2.05, 4.69) is 16.0 Å². The number of urea groups is 1. The molecule has 1 aromatic rings. The van der Waals surface area contributed by atoms with Crippen molar-refractivity contribution in [2.24, 2.45) is 11.8 Å². The molecule has 9 heteroatoms. The fourth-order valence-corrected chi connectivity index (χ4v) is 3.40. The highest BCUT2D eigenvalue weighted by Crippen LogP contribution is 2.34. The van der Waals surface area contributed by atoms with E-state index in [9.17, 15) is 19.2 Å². The number of amides is 4. The molecule has 0 aliphatic carbocycles. The number of nitrogens with one attached hydrogen (secondary N) is 3. The van der Waals surface area contributed by atoms with Crippen LogP contribution in [0.4, 0.5) is 16.2 Å². The highest BCUT2D eigenvalue weighted by Gasteiger charge is 2.40. The van der Waals surface area contributed by atoms with Gasteiger partial charge in [0.2, 0.25) is 11.8 Å². The molecule has 0 aromatic heterocycles. The molecule has 1 aromatic carbocycles. The van der Waals surface area contributed by atoms with Crippen molar-refractivity contribution in [3.63, 3.8) is 0 Å². The predicted octanol–water partition coefficient (Wildman–Crippen LogP) is 2.18. The van der Waals surface area contributed by atoms with Crippen molar-refractivity contribution < 1.29 is 24.3 Å². The lowest BCUT2D eigenvalue weighted by atomic mass is 9.97. The molecule has 0 radical (unpaired) electrons. The standard InChI is InChI=1S/C21H30N4O5/c1-11(2)10-15(18(26)22-13(5)20(28)29)24-21(30)25-16-9-7-6-8-14(16)23-19(27)17(25)12(3)4/h6-9,11-13,15,17H,10H2,1-5H3,(H,22,26)(H,23,27)(H,24,30)(H,28,29)/t13-,15+,17+/m1/s1. The Hall–Kier alpha value is -3.10. The maximum absolute atomic E-state index is 13.3. The molecular weight excluding hydrogens is 388 g/mol. The number of carbonyl (C=O) groups is 4. The van der Waals surface area contributed by atoms with Gasteiger partial charge in [-0.1, -0.05) is 39.8 Å². The summed E-state index contributed by atoms with van der Waals surface area (Å²) in [6.07, 6.45) is 0.317. The molecule has 0 unspecified atom stereocenters. The number of hydrogen-bond donors (Lipinski definition) is 4. The van der Waals surface area contributed by atoms with Crippen LogP contribution in [0.5, 0.6) is 0 Å². The van der Waals surface area contributed by atoms with E-state index in [0.717, 1.165) is 0 Å². The number of carbonyl (C=O) groups excluding carboxylic acids is 3. The Balaban J connectivity index is 2.33. The molecule has 0 saturated carbocycles. The van der Waals surface area contributed by atoms with E-state index in [-0.39, 0.29) is 17.7 Å². The Morgan fingerprint density at radius 2 is 1.73 bits per heavy atom. The molecule has 1 aliphatic heterocycles. The first kappa shape index (κ1) is 23.2. The lowest BCUT2D eigenvalue weighted by Crippen LogP contribution is -2.60. The van der Waals surface area contributed by atoms with Gasteiger partial charge in [-0.15, -0.1) is 0 Å². The topological polar surface area (TPSA) is 128 Å². The minimum atomic E-state index is -1.17. The second-order valence-corrected chi connectivity index (χ2v) is 8.27. The van der Waals surface area contributed by atoms with Crippen molar-refractivity contribution in [2.45, 2.75) is 59.2 Å². The van der Waals surface area contributed by atoms with E-state index in [4.69, 9.17) is 5.11 Å². The lowest BCUT2D eigenvalue weighted by molar-refractivity contribution is -0.141. The molecule has 0 fully saturated rings. The third kappa shape index (κ3) is 5.28. The van der Waals surface area contributed by atoms with Gasteiger partial charge >= 0.3 is 12.0 Å². The predicted molar refractivity (Wildman–Crippen MR) is 113 cm³/mol. The van der Waals surface area contributed by atoms with Crippen molar-refractivity contribution >= 4 is 35.2 Å². The quantitative estimate of drug-likeness (QED) is 0.540. The average molecular weight is 418 g/mol. The number of carboxylic acids is 1. The van der Waals surface area contributed by atoms with Gasteiger partial charge in [-0.3, -0.25) is 19.3 Å². The van der Waals surface area contributed by atoms with Crippen LogP contribution in [0, 0.1) is 11.8 Å². The Morgan fingerprint density at radius 3 is 2.30 bits per heavy atom. The summed E-state index contributed by atoms with van der Waals surface area (Å²) in [4.78, 5) is 51.0. The van der Waals surface area contributed by atoms with Crippen LogP contribution < -0.4 is 20.9 Å². The van der Waals surface area contributed by atoms with Gasteiger partial charge in [0.25, 0.3) is 0 Å². The van der Waals surface area contributed by atoms with E-state index in [1.54, 1.807) is 24.3 Å². The van der Waals surface area contributed by atoms with Crippen LogP contribution in [0.3, 0.4) is 0 Å². The van der Waals surface area contributed by atoms with Crippen LogP contribution >= 0.6 is 0 Å². The van der Waals surface area contributed by atoms with Gasteiger partial charge in [-0.25, -0.2) is 4.79 Å². The molecular formula is C21H30N4O5. The number of carboxylic acid groups (broad SMARTS) is 1. The number of rotatable bonds is 7. The molecule has 164 valence electrons. The van der Waals surface area contributed by atoms with Gasteiger partial charge in [0, 0.05) is 0 Å². The van der Waals surface area contributed by atoms with Gasteiger partial charge in [0.15, 0.2) is 0 Å². The lowest BCUT2D eigenvalue weighted by Gasteiger charge is -2.39. The Kier molecular flexibility index (Phi) is 7.42. The first-order chi connectivity index (χ1) is 14.0. The van der Waals surface area contributed by atoms with Gasteiger partial charge < -0.3 is 21.1 Å². The van der Waals surface area contributed by atoms with E-state index in [1.807, 2.05) is 27.7 Å². The molecule has 0 bridgehead atoms. The summed E-state index contributed by atoms with van der Waals surface area (Å²) in [5, 5.41) is 17.0. The molecule has 1 heterocycles. The number of aliphatic carboxylic acids is 1. The molecule has 4 amide bonds. The van der Waals surface area contributed by atoms with Gasteiger partial charge in [0.1, 0.15) is 18.1 Å². The zero-order valence-corrected chi connectivity index (χ0v) is 17.9. The summed E-state index contributed by atoms with van der Waals surface area (Å²) >= 11 is 0. The van der Waals surface area contributed by atoms with Crippen molar-refractivity contribution in [3.8, 4) is 0 Å². The number of benzene rings is 1. The molecule has 3 atom stereocenters. The van der Waals surface area contributed by atoms with Crippen LogP contribution in [0.2, 0.25) is 0 Å². The summed E-state index contributed by atoms with van der Waals surface area (Å²) in [5.74, 6) is -2.15. The van der Waals surface area contributed by atoms with Crippen LogP contribution in [-0.2, 0) is 14.4 Å². The first-order valence-electron chi connectivity index (χ1n) is 10.1. The minimum absolute atomic E-state index is 0.0685. The number of nitrogens with zero attached hydrogens (tertiary/aromatic N) is 1. The summed E-state index contributed by atoms with van der Waals surface area (Å²) < 4.78 is 0. The third-order valence-corrected chi connectivity index (χ3v) is 4.87. The monoisotopic (exact) mass is 418 g/mol. The Bertz CT molecular complexity index is 823. The zero-order valence-electron chi connectivity index (χ0n) is 17.9. The van der Waals surface area contributed by atoms with Crippen molar-refractivity contribution in [2.75, 3.05) is 10.2 Å². The number of fused-ring (bicyclic) bond motifs is 1. The van der Waals surface area contributed by atoms with Crippen molar-refractivity contribution in [1.29, 1.82) is 0 Å². The summed E-state index contributed by atoms with van der Waals surface area (Å²) in [7, 11) is 0. The van der Waals surface area contributed by atoms with Gasteiger partial charge in [-0.05, 0) is 37.3 Å². The van der Waals surface area contributed by atoms with E-state index >= 15 is 0 Å². The van der Waals surface area contributed by atoms with E-state index in [0.29, 0.717) is 17.8 Å². The molecule has 2 rings (SSSR count). The normalized spacial score (nSPS) is 17.8. The zero-order chi connectivity index (χ0) is 22.6. The first-order valence-corrected chi connectivity index (χ1v) is 10.1. The van der Waals surface area contributed by atoms with Crippen LogP contribution in [-0.4, -0.2) is 47.0 Å². The van der Waals surface area contributed by atoms with Crippen LogP contribution in [0.25, 0.3) is 0 Å². The number of anilines is 2. The Morgan fingerprint density at radius 1 is 1.10 bits per heavy atom. The fraction of sp³-hybridized carbons (Fsp3) is 0.524. The highest BCUT2D eigenvalue weighted by molar-refractivity contribution is 6.12. The molecule has 30 heavy (non-hydrogen) atoms. The smallest absolute Gasteiger partial charge is 0.325 e. The second-order valence-electron chi connectivity index (χ2n) is 8.27.